The van der Waals surface area contributed by atoms with Crippen LogP contribution >= 0.6 is 0 Å². The molecule has 0 aliphatic carbocycles. The molecule has 2 rings (SSSR count). The molecule has 0 aliphatic rings. The molecule has 0 bridgehead atoms. The summed E-state index contributed by atoms with van der Waals surface area (Å²) in [5.41, 5.74) is 6.15. The van der Waals surface area contributed by atoms with Crippen LogP contribution in [0, 0.1) is 0 Å². The standard InChI is InChI=1S/C10H11N3O3/c11-8(5-14)10-12-9(13-16-10)6-2-1-3-7(15)4-6/h1-4,8,14-15H,5,11H2/t8-/m1/s1. The molecule has 1 aromatic carbocycles. The molecule has 0 unspecified atom stereocenters. The molecular weight excluding hydrogens is 210 g/mol. The summed E-state index contributed by atoms with van der Waals surface area (Å²) in [5.74, 6) is 0.617. The van der Waals surface area contributed by atoms with Gasteiger partial charge in [0.25, 0.3) is 0 Å². The molecule has 0 amide bonds. The second-order valence-corrected chi connectivity index (χ2v) is 3.30. The SMILES string of the molecule is N[C@H](CO)c1nc(-c2cccc(O)c2)no1. The van der Waals surface area contributed by atoms with E-state index < -0.39 is 6.04 Å². The van der Waals surface area contributed by atoms with Crippen LogP contribution < -0.4 is 5.73 Å². The topological polar surface area (TPSA) is 105 Å². The molecule has 2 aromatic rings. The van der Waals surface area contributed by atoms with E-state index in [0.717, 1.165) is 0 Å². The minimum Gasteiger partial charge on any atom is -0.508 e. The first-order valence-electron chi connectivity index (χ1n) is 4.70. The van der Waals surface area contributed by atoms with E-state index in [2.05, 4.69) is 10.1 Å². The fraction of sp³-hybridized carbons (Fsp3) is 0.200. The van der Waals surface area contributed by atoms with Gasteiger partial charge in [-0.15, -0.1) is 0 Å². The lowest BCUT2D eigenvalue weighted by atomic mass is 10.2. The molecule has 6 nitrogen and oxygen atoms in total. The molecule has 1 aromatic heterocycles. The van der Waals surface area contributed by atoms with Crippen molar-refractivity contribution in [1.82, 2.24) is 10.1 Å². The first-order chi connectivity index (χ1) is 7.70. The van der Waals surface area contributed by atoms with Gasteiger partial charge in [-0.1, -0.05) is 17.3 Å². The highest BCUT2D eigenvalue weighted by molar-refractivity contribution is 5.56. The Bertz CT molecular complexity index is 484. The number of aromatic hydroxyl groups is 1. The molecular formula is C10H11N3O3. The average Bonchev–Trinajstić information content (AvgIpc) is 2.77. The molecule has 84 valence electrons. The van der Waals surface area contributed by atoms with Crippen molar-refractivity contribution in [1.29, 1.82) is 0 Å². The Morgan fingerprint density at radius 1 is 1.44 bits per heavy atom. The molecule has 0 radical (unpaired) electrons. The number of hydrogen-bond acceptors (Lipinski definition) is 6. The molecule has 4 N–H and O–H groups in total. The van der Waals surface area contributed by atoms with E-state index in [9.17, 15) is 5.11 Å². The number of nitrogens with two attached hydrogens (primary N) is 1. The van der Waals surface area contributed by atoms with Crippen LogP contribution in [0.25, 0.3) is 11.4 Å². The van der Waals surface area contributed by atoms with Crippen molar-refractivity contribution in [3.63, 3.8) is 0 Å². The number of hydrogen-bond donors (Lipinski definition) is 3. The maximum atomic E-state index is 9.29. The van der Waals surface area contributed by atoms with Gasteiger partial charge in [-0.3, -0.25) is 0 Å². The van der Waals surface area contributed by atoms with Crippen molar-refractivity contribution in [3.8, 4) is 17.1 Å². The van der Waals surface area contributed by atoms with Crippen molar-refractivity contribution < 1.29 is 14.7 Å². The van der Waals surface area contributed by atoms with Crippen molar-refractivity contribution in [3.05, 3.63) is 30.2 Å². The minimum atomic E-state index is -0.682. The largest absolute Gasteiger partial charge is 0.508 e. The number of rotatable bonds is 3. The van der Waals surface area contributed by atoms with Crippen LogP contribution in [0.15, 0.2) is 28.8 Å². The van der Waals surface area contributed by atoms with Crippen LogP contribution in [0.5, 0.6) is 5.75 Å². The van der Waals surface area contributed by atoms with E-state index in [4.69, 9.17) is 15.4 Å². The van der Waals surface area contributed by atoms with Crippen LogP contribution in [0.3, 0.4) is 0 Å². The third kappa shape index (κ3) is 2.02. The van der Waals surface area contributed by atoms with Gasteiger partial charge in [0.15, 0.2) is 0 Å². The first-order valence-corrected chi connectivity index (χ1v) is 4.70. The Hall–Kier alpha value is -1.92. The fourth-order valence-corrected chi connectivity index (χ4v) is 1.23. The lowest BCUT2D eigenvalue weighted by molar-refractivity contribution is 0.237. The number of phenols is 1. The molecule has 0 saturated carbocycles. The summed E-state index contributed by atoms with van der Waals surface area (Å²) in [4.78, 5) is 4.02. The Kier molecular flexibility index (Phi) is 2.84. The second-order valence-electron chi connectivity index (χ2n) is 3.30. The van der Waals surface area contributed by atoms with Gasteiger partial charge in [-0.2, -0.15) is 4.98 Å². The summed E-state index contributed by atoms with van der Waals surface area (Å²) in [6, 6.07) is 5.78. The minimum absolute atomic E-state index is 0.121. The van der Waals surface area contributed by atoms with Gasteiger partial charge in [-0.05, 0) is 12.1 Å². The zero-order chi connectivity index (χ0) is 11.5. The second kappa shape index (κ2) is 4.30. The Morgan fingerprint density at radius 3 is 2.94 bits per heavy atom. The number of benzene rings is 1. The number of nitrogens with zero attached hydrogens (tertiary/aromatic N) is 2. The zero-order valence-corrected chi connectivity index (χ0v) is 8.37. The maximum Gasteiger partial charge on any atom is 0.246 e. The number of phenolic OH excluding ortho intramolecular Hbond substituents is 1. The van der Waals surface area contributed by atoms with Crippen molar-refractivity contribution in [2.45, 2.75) is 6.04 Å². The molecule has 0 spiro atoms. The fourth-order valence-electron chi connectivity index (χ4n) is 1.23. The normalized spacial score (nSPS) is 12.6. The van der Waals surface area contributed by atoms with Gasteiger partial charge >= 0.3 is 0 Å². The van der Waals surface area contributed by atoms with Gasteiger partial charge in [-0.25, -0.2) is 0 Å². The van der Waals surface area contributed by atoms with Crippen LogP contribution in [0.1, 0.15) is 11.9 Å². The van der Waals surface area contributed by atoms with E-state index in [-0.39, 0.29) is 18.2 Å². The van der Waals surface area contributed by atoms with E-state index in [1.807, 2.05) is 0 Å². The molecule has 0 fully saturated rings. The lowest BCUT2D eigenvalue weighted by Gasteiger charge is -1.98. The smallest absolute Gasteiger partial charge is 0.246 e. The predicted octanol–water partition coefficient (Wildman–Crippen LogP) is 0.434. The maximum absolute atomic E-state index is 9.29. The quantitative estimate of drug-likeness (QED) is 0.694. The monoisotopic (exact) mass is 221 g/mol. The zero-order valence-electron chi connectivity index (χ0n) is 8.37. The third-order valence-corrected chi connectivity index (χ3v) is 2.06. The van der Waals surface area contributed by atoms with E-state index >= 15 is 0 Å². The van der Waals surface area contributed by atoms with Gasteiger partial charge in [0.1, 0.15) is 11.8 Å². The van der Waals surface area contributed by atoms with Crippen LogP contribution in [0.4, 0.5) is 0 Å². The van der Waals surface area contributed by atoms with Gasteiger partial charge in [0.05, 0.1) is 6.61 Å². The van der Waals surface area contributed by atoms with Crippen LogP contribution in [0.2, 0.25) is 0 Å². The Balaban J connectivity index is 2.31. The van der Waals surface area contributed by atoms with Crippen molar-refractivity contribution >= 4 is 0 Å². The van der Waals surface area contributed by atoms with E-state index in [1.165, 1.54) is 6.07 Å². The molecule has 16 heavy (non-hydrogen) atoms. The predicted molar refractivity (Wildman–Crippen MR) is 55.4 cm³/mol. The number of aromatic nitrogens is 2. The summed E-state index contributed by atoms with van der Waals surface area (Å²) in [7, 11) is 0. The summed E-state index contributed by atoms with van der Waals surface area (Å²) < 4.78 is 4.88. The third-order valence-electron chi connectivity index (χ3n) is 2.06. The van der Waals surface area contributed by atoms with E-state index in [1.54, 1.807) is 18.2 Å². The molecule has 0 aliphatic heterocycles. The number of aliphatic hydroxyl groups excluding tert-OH is 1. The molecule has 1 atom stereocenters. The lowest BCUT2D eigenvalue weighted by Crippen LogP contribution is -2.14. The molecule has 0 saturated heterocycles. The number of aliphatic hydroxyl groups is 1. The van der Waals surface area contributed by atoms with Crippen molar-refractivity contribution in [2.75, 3.05) is 6.61 Å². The van der Waals surface area contributed by atoms with Crippen LogP contribution in [-0.4, -0.2) is 27.0 Å². The van der Waals surface area contributed by atoms with Crippen molar-refractivity contribution in [2.24, 2.45) is 5.73 Å². The van der Waals surface area contributed by atoms with Gasteiger partial charge in [0, 0.05) is 5.56 Å². The van der Waals surface area contributed by atoms with Crippen LogP contribution in [-0.2, 0) is 0 Å². The molecule has 1 heterocycles. The van der Waals surface area contributed by atoms with E-state index in [0.29, 0.717) is 11.4 Å². The summed E-state index contributed by atoms with van der Waals surface area (Å²) in [6.07, 6.45) is 0. The summed E-state index contributed by atoms with van der Waals surface area (Å²) in [6.45, 7) is -0.262. The first kappa shape index (κ1) is 10.6. The summed E-state index contributed by atoms with van der Waals surface area (Å²) in [5, 5.41) is 21.8. The molecule has 6 heteroatoms. The summed E-state index contributed by atoms with van der Waals surface area (Å²) >= 11 is 0. The van der Waals surface area contributed by atoms with Gasteiger partial charge in [0.2, 0.25) is 11.7 Å². The highest BCUT2D eigenvalue weighted by Gasteiger charge is 2.14. The average molecular weight is 221 g/mol. The highest BCUT2D eigenvalue weighted by Crippen LogP contribution is 2.21. The Labute approximate surface area is 91.3 Å². The Morgan fingerprint density at radius 2 is 2.25 bits per heavy atom. The van der Waals surface area contributed by atoms with Gasteiger partial charge < -0.3 is 20.5 Å². The highest BCUT2D eigenvalue weighted by atomic mass is 16.5.